The summed E-state index contributed by atoms with van der Waals surface area (Å²) >= 11 is 0. The van der Waals surface area contributed by atoms with Gasteiger partial charge >= 0.3 is 0 Å². The number of likely N-dealkylation sites (tertiary alicyclic amines) is 1. The molecule has 0 radical (unpaired) electrons. The molecule has 98 valence electrons. The van der Waals surface area contributed by atoms with Crippen LogP contribution < -0.4 is 0 Å². The monoisotopic (exact) mass is 237 g/mol. The van der Waals surface area contributed by atoms with E-state index in [1.165, 1.54) is 38.6 Å². The van der Waals surface area contributed by atoms with Crippen LogP contribution in [0.3, 0.4) is 0 Å². The lowest BCUT2D eigenvalue weighted by Gasteiger charge is -2.32. The molecule has 2 unspecified atom stereocenters. The number of fused-ring (bicyclic) bond motifs is 1. The molecule has 2 rings (SSSR count). The fourth-order valence-electron chi connectivity index (χ4n) is 3.40. The van der Waals surface area contributed by atoms with Gasteiger partial charge in [-0.1, -0.05) is 33.6 Å². The first-order valence-electron chi connectivity index (χ1n) is 7.26. The third-order valence-corrected chi connectivity index (χ3v) is 4.59. The number of carbonyl (C=O) groups is 1. The molecule has 2 heteroatoms. The van der Waals surface area contributed by atoms with E-state index in [1.807, 2.05) is 20.8 Å². The Morgan fingerprint density at radius 2 is 1.88 bits per heavy atom. The molecule has 17 heavy (non-hydrogen) atoms. The maximum atomic E-state index is 12.0. The van der Waals surface area contributed by atoms with Gasteiger partial charge in [0.15, 0.2) is 0 Å². The molecular formula is C15H27NO. The lowest BCUT2D eigenvalue weighted by molar-refractivity contribution is -0.126. The highest BCUT2D eigenvalue weighted by Crippen LogP contribution is 2.36. The fraction of sp³-hybridized carbons (Fsp3) is 0.933. The van der Waals surface area contributed by atoms with Crippen molar-refractivity contribution >= 4 is 5.78 Å². The van der Waals surface area contributed by atoms with Gasteiger partial charge < -0.3 is 0 Å². The molecule has 1 heterocycles. The first kappa shape index (κ1) is 13.1. The van der Waals surface area contributed by atoms with Gasteiger partial charge in [-0.05, 0) is 31.7 Å². The zero-order valence-electron chi connectivity index (χ0n) is 11.7. The van der Waals surface area contributed by atoms with E-state index in [2.05, 4.69) is 4.90 Å². The van der Waals surface area contributed by atoms with Crippen molar-refractivity contribution in [2.75, 3.05) is 13.1 Å². The number of rotatable bonds is 3. The summed E-state index contributed by atoms with van der Waals surface area (Å²) in [5.74, 6) is 1.35. The molecule has 1 saturated heterocycles. The summed E-state index contributed by atoms with van der Waals surface area (Å²) in [5, 5.41) is 0. The lowest BCUT2D eigenvalue weighted by atomic mass is 9.85. The van der Waals surface area contributed by atoms with Gasteiger partial charge in [-0.2, -0.15) is 0 Å². The standard InChI is InChI=1S/C15H27NO/c1-15(2,3)14(17)9-11-16-10-8-12-6-4-5-7-13(12)16/h12-13H,4-11H2,1-3H3. The first-order valence-corrected chi connectivity index (χ1v) is 7.26. The van der Waals surface area contributed by atoms with Crippen LogP contribution in [-0.4, -0.2) is 29.8 Å². The van der Waals surface area contributed by atoms with Crippen LogP contribution in [0.1, 0.15) is 59.3 Å². The lowest BCUT2D eigenvalue weighted by Crippen LogP contribution is -2.37. The molecule has 2 aliphatic rings. The van der Waals surface area contributed by atoms with Crippen molar-refractivity contribution in [1.29, 1.82) is 0 Å². The average molecular weight is 237 g/mol. The van der Waals surface area contributed by atoms with Crippen LogP contribution in [0.25, 0.3) is 0 Å². The Balaban J connectivity index is 1.82. The maximum absolute atomic E-state index is 12.0. The van der Waals surface area contributed by atoms with Gasteiger partial charge in [-0.25, -0.2) is 0 Å². The molecule has 2 atom stereocenters. The number of Topliss-reactive ketones (excluding diaryl/α,β-unsaturated/α-hetero) is 1. The third-order valence-electron chi connectivity index (χ3n) is 4.59. The van der Waals surface area contributed by atoms with E-state index in [1.54, 1.807) is 0 Å². The van der Waals surface area contributed by atoms with Crippen molar-refractivity contribution in [3.63, 3.8) is 0 Å². The minimum atomic E-state index is -0.161. The minimum absolute atomic E-state index is 0.161. The molecule has 0 aromatic rings. The number of carbonyl (C=O) groups excluding carboxylic acids is 1. The predicted molar refractivity (Wildman–Crippen MR) is 71.0 cm³/mol. The molecule has 0 aromatic carbocycles. The van der Waals surface area contributed by atoms with Crippen LogP contribution >= 0.6 is 0 Å². The van der Waals surface area contributed by atoms with Crippen molar-refractivity contribution in [2.45, 2.75) is 65.3 Å². The summed E-state index contributed by atoms with van der Waals surface area (Å²) in [6.07, 6.45) is 7.73. The van der Waals surface area contributed by atoms with Gasteiger partial charge in [0.1, 0.15) is 5.78 Å². The van der Waals surface area contributed by atoms with Gasteiger partial charge in [0, 0.05) is 24.4 Å². The molecule has 0 aromatic heterocycles. The molecule has 1 aliphatic carbocycles. The Hall–Kier alpha value is -0.370. The van der Waals surface area contributed by atoms with Gasteiger partial charge in [-0.15, -0.1) is 0 Å². The quantitative estimate of drug-likeness (QED) is 0.751. The minimum Gasteiger partial charge on any atom is -0.300 e. The largest absolute Gasteiger partial charge is 0.300 e. The molecule has 0 bridgehead atoms. The number of ketones is 1. The van der Waals surface area contributed by atoms with Crippen LogP contribution in [-0.2, 0) is 4.79 Å². The van der Waals surface area contributed by atoms with Crippen LogP contribution in [0.15, 0.2) is 0 Å². The second kappa shape index (κ2) is 5.09. The highest BCUT2D eigenvalue weighted by atomic mass is 16.1. The summed E-state index contributed by atoms with van der Waals surface area (Å²) in [4.78, 5) is 14.5. The van der Waals surface area contributed by atoms with Crippen molar-refractivity contribution < 1.29 is 4.79 Å². The smallest absolute Gasteiger partial charge is 0.139 e. The van der Waals surface area contributed by atoms with Crippen LogP contribution in [0, 0.1) is 11.3 Å². The topological polar surface area (TPSA) is 20.3 Å². The summed E-state index contributed by atoms with van der Waals surface area (Å²) in [6.45, 7) is 8.32. The molecule has 2 fully saturated rings. The van der Waals surface area contributed by atoms with E-state index in [-0.39, 0.29) is 5.41 Å². The molecule has 2 nitrogen and oxygen atoms in total. The number of nitrogens with zero attached hydrogens (tertiary/aromatic N) is 1. The Morgan fingerprint density at radius 3 is 2.59 bits per heavy atom. The third kappa shape index (κ3) is 3.09. The summed E-state index contributed by atoms with van der Waals surface area (Å²) in [6, 6.07) is 0.802. The summed E-state index contributed by atoms with van der Waals surface area (Å²) in [7, 11) is 0. The normalized spacial score (nSPS) is 30.3. The van der Waals surface area contributed by atoms with E-state index >= 15 is 0 Å². The molecule has 0 N–H and O–H groups in total. The zero-order valence-corrected chi connectivity index (χ0v) is 11.7. The van der Waals surface area contributed by atoms with Gasteiger partial charge in [-0.3, -0.25) is 9.69 Å². The average Bonchev–Trinajstić information content (AvgIpc) is 2.68. The Morgan fingerprint density at radius 1 is 1.18 bits per heavy atom. The van der Waals surface area contributed by atoms with E-state index in [0.29, 0.717) is 5.78 Å². The highest BCUT2D eigenvalue weighted by Gasteiger charge is 2.35. The van der Waals surface area contributed by atoms with E-state index in [9.17, 15) is 4.79 Å². The van der Waals surface area contributed by atoms with Crippen molar-refractivity contribution in [2.24, 2.45) is 11.3 Å². The molecule has 1 aliphatic heterocycles. The van der Waals surface area contributed by atoms with Crippen molar-refractivity contribution in [3.05, 3.63) is 0 Å². The van der Waals surface area contributed by atoms with E-state index in [0.717, 1.165) is 24.9 Å². The molecular weight excluding hydrogens is 210 g/mol. The predicted octanol–water partition coefficient (Wildman–Crippen LogP) is 3.26. The van der Waals surface area contributed by atoms with Crippen LogP contribution in [0.4, 0.5) is 0 Å². The summed E-state index contributed by atoms with van der Waals surface area (Å²) < 4.78 is 0. The molecule has 0 amide bonds. The van der Waals surface area contributed by atoms with E-state index < -0.39 is 0 Å². The van der Waals surface area contributed by atoms with Crippen molar-refractivity contribution in [3.8, 4) is 0 Å². The van der Waals surface area contributed by atoms with Gasteiger partial charge in [0.2, 0.25) is 0 Å². The SMILES string of the molecule is CC(C)(C)C(=O)CCN1CCC2CCCCC21. The van der Waals surface area contributed by atoms with Crippen LogP contribution in [0.2, 0.25) is 0 Å². The second-order valence-electron chi connectivity index (χ2n) is 6.86. The maximum Gasteiger partial charge on any atom is 0.139 e. The Kier molecular flexibility index (Phi) is 3.92. The molecule has 0 spiro atoms. The Labute approximate surface area is 106 Å². The van der Waals surface area contributed by atoms with Gasteiger partial charge in [0.25, 0.3) is 0 Å². The second-order valence-corrected chi connectivity index (χ2v) is 6.86. The first-order chi connectivity index (χ1) is 7.98. The number of hydrogen-bond acceptors (Lipinski definition) is 2. The number of hydrogen-bond donors (Lipinski definition) is 0. The summed E-state index contributed by atoms with van der Waals surface area (Å²) in [5.41, 5.74) is -0.161. The molecule has 1 saturated carbocycles. The highest BCUT2D eigenvalue weighted by molar-refractivity contribution is 5.83. The van der Waals surface area contributed by atoms with E-state index in [4.69, 9.17) is 0 Å². The Bertz CT molecular complexity index is 279. The zero-order chi connectivity index (χ0) is 12.5. The van der Waals surface area contributed by atoms with Crippen LogP contribution in [0.5, 0.6) is 0 Å². The van der Waals surface area contributed by atoms with Crippen molar-refractivity contribution in [1.82, 2.24) is 4.90 Å². The van der Waals surface area contributed by atoms with Gasteiger partial charge in [0.05, 0.1) is 0 Å². The fourth-order valence-corrected chi connectivity index (χ4v) is 3.40.